The highest BCUT2D eigenvalue weighted by atomic mass is 16.5. The highest BCUT2D eigenvalue weighted by Crippen LogP contribution is 2.51. The van der Waals surface area contributed by atoms with Crippen molar-refractivity contribution in [2.24, 2.45) is 5.92 Å². The van der Waals surface area contributed by atoms with Crippen LogP contribution < -0.4 is 4.74 Å². The molecule has 1 aromatic rings. The van der Waals surface area contributed by atoms with E-state index in [-0.39, 0.29) is 0 Å². The van der Waals surface area contributed by atoms with Gasteiger partial charge in [0, 0.05) is 12.0 Å². The monoisotopic (exact) mass is 301 g/mol. The number of hydrogen-bond donors (Lipinski definition) is 0. The first-order valence-corrected chi connectivity index (χ1v) is 9.15. The Morgan fingerprint density at radius 2 is 2.18 bits per heavy atom. The van der Waals surface area contributed by atoms with Crippen molar-refractivity contribution in [3.63, 3.8) is 0 Å². The zero-order valence-corrected chi connectivity index (χ0v) is 14.3. The normalized spacial score (nSPS) is 28.5. The Hall–Kier alpha value is -1.02. The number of rotatable bonds is 6. The number of nitrogens with zero attached hydrogens (tertiary/aromatic N) is 1. The Morgan fingerprint density at radius 1 is 1.27 bits per heavy atom. The number of piperidine rings is 1. The summed E-state index contributed by atoms with van der Waals surface area (Å²) in [6, 6.07) is 8.88. The second-order valence-electron chi connectivity index (χ2n) is 7.23. The first kappa shape index (κ1) is 15.9. The van der Waals surface area contributed by atoms with Crippen LogP contribution in [0.2, 0.25) is 0 Å². The molecular weight excluding hydrogens is 270 g/mol. The van der Waals surface area contributed by atoms with Crippen molar-refractivity contribution in [3.8, 4) is 5.75 Å². The molecule has 0 N–H and O–H groups in total. The molecule has 3 rings (SSSR count). The number of methoxy groups -OCH3 is 1. The van der Waals surface area contributed by atoms with Crippen LogP contribution in [0.1, 0.15) is 57.4 Å². The van der Waals surface area contributed by atoms with Crippen LogP contribution in [0.3, 0.4) is 0 Å². The number of hydrogen-bond acceptors (Lipinski definition) is 2. The summed E-state index contributed by atoms with van der Waals surface area (Å²) in [7, 11) is 1.78. The average Bonchev–Trinajstić information content (AvgIpc) is 2.99. The molecule has 1 heterocycles. The van der Waals surface area contributed by atoms with Crippen molar-refractivity contribution in [3.05, 3.63) is 29.8 Å². The van der Waals surface area contributed by atoms with E-state index in [2.05, 4.69) is 36.1 Å². The minimum absolute atomic E-state index is 0.426. The fraction of sp³-hybridized carbons (Fsp3) is 0.700. The Kier molecular flexibility index (Phi) is 5.07. The third-order valence-electron chi connectivity index (χ3n) is 6.03. The van der Waals surface area contributed by atoms with Gasteiger partial charge in [0.2, 0.25) is 0 Å². The largest absolute Gasteiger partial charge is 0.497 e. The van der Waals surface area contributed by atoms with Gasteiger partial charge >= 0.3 is 0 Å². The second kappa shape index (κ2) is 7.04. The molecule has 1 saturated carbocycles. The summed E-state index contributed by atoms with van der Waals surface area (Å²) in [5, 5.41) is 0. The fourth-order valence-electron chi connectivity index (χ4n) is 4.75. The molecule has 22 heavy (non-hydrogen) atoms. The molecule has 1 aromatic carbocycles. The molecule has 2 atom stereocenters. The minimum atomic E-state index is 0.426. The molecule has 0 aromatic heterocycles. The van der Waals surface area contributed by atoms with Crippen LogP contribution >= 0.6 is 0 Å². The van der Waals surface area contributed by atoms with Crippen molar-refractivity contribution in [1.29, 1.82) is 0 Å². The summed E-state index contributed by atoms with van der Waals surface area (Å²) in [4.78, 5) is 2.73. The molecule has 0 radical (unpaired) electrons. The lowest BCUT2D eigenvalue weighted by Gasteiger charge is -2.45. The van der Waals surface area contributed by atoms with Crippen molar-refractivity contribution in [2.75, 3.05) is 26.7 Å². The Bertz CT molecular complexity index is 486. The second-order valence-corrected chi connectivity index (χ2v) is 7.23. The van der Waals surface area contributed by atoms with Gasteiger partial charge in [0.05, 0.1) is 7.11 Å². The van der Waals surface area contributed by atoms with Gasteiger partial charge in [0.25, 0.3) is 0 Å². The van der Waals surface area contributed by atoms with Gasteiger partial charge in [0.1, 0.15) is 5.75 Å². The average molecular weight is 301 g/mol. The maximum Gasteiger partial charge on any atom is 0.119 e. The van der Waals surface area contributed by atoms with Gasteiger partial charge < -0.3 is 9.64 Å². The van der Waals surface area contributed by atoms with Crippen molar-refractivity contribution in [2.45, 2.75) is 57.3 Å². The Morgan fingerprint density at radius 3 is 3.00 bits per heavy atom. The molecule has 2 fully saturated rings. The van der Waals surface area contributed by atoms with Crippen LogP contribution in [0.5, 0.6) is 5.75 Å². The number of benzene rings is 1. The first-order valence-electron chi connectivity index (χ1n) is 9.15. The van der Waals surface area contributed by atoms with Gasteiger partial charge in [-0.3, -0.25) is 0 Å². The summed E-state index contributed by atoms with van der Waals surface area (Å²) in [6.07, 6.45) is 9.57. The predicted octanol–water partition coefficient (Wildman–Crippen LogP) is 4.63. The Labute approximate surface area is 135 Å². The van der Waals surface area contributed by atoms with Gasteiger partial charge in [-0.15, -0.1) is 0 Å². The van der Waals surface area contributed by atoms with E-state index in [0.29, 0.717) is 5.41 Å². The zero-order chi connectivity index (χ0) is 15.4. The molecule has 1 saturated heterocycles. The molecule has 1 aliphatic heterocycles. The lowest BCUT2D eigenvalue weighted by atomic mass is 9.67. The third-order valence-corrected chi connectivity index (χ3v) is 6.03. The van der Waals surface area contributed by atoms with Crippen LogP contribution in [0, 0.1) is 5.92 Å². The molecule has 0 spiro atoms. The van der Waals surface area contributed by atoms with E-state index >= 15 is 0 Å². The zero-order valence-electron chi connectivity index (χ0n) is 14.3. The smallest absolute Gasteiger partial charge is 0.119 e. The highest BCUT2D eigenvalue weighted by Gasteiger charge is 2.47. The number of likely N-dealkylation sites (tertiary alicyclic amines) is 1. The quantitative estimate of drug-likeness (QED) is 0.710. The molecule has 2 nitrogen and oxygen atoms in total. The Balaban J connectivity index is 1.73. The lowest BCUT2D eigenvalue weighted by molar-refractivity contribution is 0.109. The van der Waals surface area contributed by atoms with E-state index in [0.717, 1.165) is 11.7 Å². The van der Waals surface area contributed by atoms with Gasteiger partial charge in [-0.25, -0.2) is 0 Å². The van der Waals surface area contributed by atoms with E-state index in [1.54, 1.807) is 7.11 Å². The maximum atomic E-state index is 5.47. The highest BCUT2D eigenvalue weighted by molar-refractivity contribution is 5.36. The summed E-state index contributed by atoms with van der Waals surface area (Å²) in [5.74, 6) is 1.86. The molecule has 122 valence electrons. The number of unbranched alkanes of at least 4 members (excludes halogenated alkanes) is 2. The van der Waals surface area contributed by atoms with Crippen LogP contribution in [0.25, 0.3) is 0 Å². The van der Waals surface area contributed by atoms with E-state index in [4.69, 9.17) is 4.74 Å². The maximum absolute atomic E-state index is 5.47. The van der Waals surface area contributed by atoms with Gasteiger partial charge in [-0.05, 0) is 62.4 Å². The van der Waals surface area contributed by atoms with Crippen LogP contribution in [0.15, 0.2) is 24.3 Å². The first-order chi connectivity index (χ1) is 10.8. The van der Waals surface area contributed by atoms with Crippen LogP contribution in [-0.2, 0) is 5.41 Å². The summed E-state index contributed by atoms with van der Waals surface area (Å²) in [6.45, 7) is 6.18. The molecule has 0 bridgehead atoms. The molecule has 2 unspecified atom stereocenters. The van der Waals surface area contributed by atoms with E-state index in [9.17, 15) is 0 Å². The molecular formula is C20H31NO. The van der Waals surface area contributed by atoms with Crippen molar-refractivity contribution in [1.82, 2.24) is 4.90 Å². The van der Waals surface area contributed by atoms with Gasteiger partial charge in [-0.2, -0.15) is 0 Å². The van der Waals surface area contributed by atoms with Crippen LogP contribution in [0.4, 0.5) is 0 Å². The molecule has 1 aliphatic carbocycles. The van der Waals surface area contributed by atoms with Crippen molar-refractivity contribution >= 4 is 0 Å². The molecule has 2 aliphatic rings. The standard InChI is InChI=1S/C20H31NO/c1-3-4-5-13-21-14-12-20(11-7-9-18(20)16-21)17-8-6-10-19(15-17)22-2/h6,8,10,15,18H,3-5,7,9,11-14,16H2,1-2H3. The molecule has 0 amide bonds. The summed E-state index contributed by atoms with van der Waals surface area (Å²) < 4.78 is 5.47. The predicted molar refractivity (Wildman–Crippen MR) is 92.6 cm³/mol. The third kappa shape index (κ3) is 3.03. The van der Waals surface area contributed by atoms with E-state index in [1.807, 2.05) is 0 Å². The molecule has 2 heteroatoms. The van der Waals surface area contributed by atoms with Gasteiger partial charge in [0.15, 0.2) is 0 Å². The van der Waals surface area contributed by atoms with Gasteiger partial charge in [-0.1, -0.05) is 38.3 Å². The summed E-state index contributed by atoms with van der Waals surface area (Å²) in [5.41, 5.74) is 1.96. The van der Waals surface area contributed by atoms with E-state index in [1.165, 1.54) is 70.1 Å². The summed E-state index contributed by atoms with van der Waals surface area (Å²) >= 11 is 0. The van der Waals surface area contributed by atoms with E-state index < -0.39 is 0 Å². The number of fused-ring (bicyclic) bond motifs is 1. The lowest BCUT2D eigenvalue weighted by Crippen LogP contribution is -2.47. The number of ether oxygens (including phenoxy) is 1. The SMILES string of the molecule is CCCCCN1CCC2(c3cccc(OC)c3)CCCC2C1. The fourth-order valence-corrected chi connectivity index (χ4v) is 4.75. The van der Waals surface area contributed by atoms with Crippen LogP contribution in [-0.4, -0.2) is 31.6 Å². The topological polar surface area (TPSA) is 12.5 Å². The minimum Gasteiger partial charge on any atom is -0.497 e. The van der Waals surface area contributed by atoms with Crippen molar-refractivity contribution < 1.29 is 4.74 Å².